The van der Waals surface area contributed by atoms with Gasteiger partial charge in [-0.15, -0.1) is 0 Å². The molecule has 2 rings (SSSR count). The van der Waals surface area contributed by atoms with Crippen molar-refractivity contribution in [3.05, 3.63) is 57.4 Å². The second-order valence-electron chi connectivity index (χ2n) is 4.10. The molecule has 0 radical (unpaired) electrons. The number of rotatable bonds is 4. The van der Waals surface area contributed by atoms with Gasteiger partial charge in [-0.3, -0.25) is 4.79 Å². The van der Waals surface area contributed by atoms with Gasteiger partial charge >= 0.3 is 5.97 Å². The quantitative estimate of drug-likeness (QED) is 0.454. The SMILES string of the molecule is CC(=O)Oc1cc(OCc2ccc(F)cc2)ccc1I. The Labute approximate surface area is 129 Å². The summed E-state index contributed by atoms with van der Waals surface area (Å²) in [4.78, 5) is 11.0. The lowest BCUT2D eigenvalue weighted by atomic mass is 10.2. The number of halogens is 2. The van der Waals surface area contributed by atoms with Gasteiger partial charge < -0.3 is 9.47 Å². The number of carbonyl (C=O) groups excluding carboxylic acids is 1. The highest BCUT2D eigenvalue weighted by molar-refractivity contribution is 14.1. The monoisotopic (exact) mass is 386 g/mol. The number of hydrogen-bond donors (Lipinski definition) is 0. The highest BCUT2D eigenvalue weighted by atomic mass is 127. The first-order valence-corrected chi connectivity index (χ1v) is 6.97. The zero-order valence-electron chi connectivity index (χ0n) is 10.7. The molecule has 0 bridgehead atoms. The number of hydrogen-bond acceptors (Lipinski definition) is 3. The second-order valence-corrected chi connectivity index (χ2v) is 5.26. The summed E-state index contributed by atoms with van der Waals surface area (Å²) in [6, 6.07) is 11.3. The number of benzene rings is 2. The van der Waals surface area contributed by atoms with Gasteiger partial charge in [0.15, 0.2) is 0 Å². The topological polar surface area (TPSA) is 35.5 Å². The van der Waals surface area contributed by atoms with Gasteiger partial charge in [0.1, 0.15) is 23.9 Å². The Morgan fingerprint density at radius 1 is 1.20 bits per heavy atom. The van der Waals surface area contributed by atoms with Gasteiger partial charge in [0.2, 0.25) is 0 Å². The van der Waals surface area contributed by atoms with Crippen LogP contribution < -0.4 is 9.47 Å². The summed E-state index contributed by atoms with van der Waals surface area (Å²) in [7, 11) is 0. The molecule has 2 aromatic rings. The van der Waals surface area contributed by atoms with E-state index >= 15 is 0 Å². The van der Waals surface area contributed by atoms with E-state index in [-0.39, 0.29) is 11.8 Å². The first-order chi connectivity index (χ1) is 9.54. The standard InChI is InChI=1S/C15H12FIO3/c1-10(18)20-15-8-13(6-7-14(15)17)19-9-11-2-4-12(16)5-3-11/h2-8H,9H2,1H3. The average Bonchev–Trinajstić information content (AvgIpc) is 2.41. The smallest absolute Gasteiger partial charge is 0.308 e. The zero-order chi connectivity index (χ0) is 14.5. The second kappa shape index (κ2) is 6.69. The van der Waals surface area contributed by atoms with Crippen molar-refractivity contribution in [2.45, 2.75) is 13.5 Å². The molecule has 0 fully saturated rings. The molecule has 104 valence electrons. The van der Waals surface area contributed by atoms with Crippen LogP contribution in [0.3, 0.4) is 0 Å². The molecular weight excluding hydrogens is 374 g/mol. The summed E-state index contributed by atoms with van der Waals surface area (Å²) in [6.45, 7) is 1.67. The van der Waals surface area contributed by atoms with Gasteiger partial charge in [0.25, 0.3) is 0 Å². The van der Waals surface area contributed by atoms with Gasteiger partial charge in [0.05, 0.1) is 3.57 Å². The lowest BCUT2D eigenvalue weighted by Gasteiger charge is -2.09. The minimum absolute atomic E-state index is 0.278. The minimum atomic E-state index is -0.376. The molecule has 0 unspecified atom stereocenters. The van der Waals surface area contributed by atoms with Crippen molar-refractivity contribution in [1.82, 2.24) is 0 Å². The summed E-state index contributed by atoms with van der Waals surface area (Å²) in [5, 5.41) is 0. The highest BCUT2D eigenvalue weighted by Gasteiger charge is 2.06. The van der Waals surface area contributed by atoms with Crippen molar-refractivity contribution in [2.75, 3.05) is 0 Å². The van der Waals surface area contributed by atoms with E-state index < -0.39 is 0 Å². The van der Waals surface area contributed by atoms with E-state index in [0.717, 1.165) is 9.13 Å². The van der Waals surface area contributed by atoms with Crippen LogP contribution in [0.2, 0.25) is 0 Å². The molecule has 20 heavy (non-hydrogen) atoms. The van der Waals surface area contributed by atoms with Gasteiger partial charge in [0, 0.05) is 13.0 Å². The van der Waals surface area contributed by atoms with Crippen molar-refractivity contribution < 1.29 is 18.7 Å². The summed E-state index contributed by atoms with van der Waals surface area (Å²) >= 11 is 2.08. The maximum atomic E-state index is 12.8. The molecule has 2 aromatic carbocycles. The molecule has 0 saturated carbocycles. The first kappa shape index (κ1) is 14.8. The molecule has 0 aromatic heterocycles. The summed E-state index contributed by atoms with van der Waals surface area (Å²) in [6.07, 6.45) is 0. The third-order valence-corrected chi connectivity index (χ3v) is 3.37. The molecule has 0 amide bonds. The molecule has 3 nitrogen and oxygen atoms in total. The fraction of sp³-hybridized carbons (Fsp3) is 0.133. The molecular formula is C15H12FIO3. The molecule has 0 heterocycles. The number of esters is 1. The van der Waals surface area contributed by atoms with Crippen LogP contribution in [-0.4, -0.2) is 5.97 Å². The molecule has 5 heteroatoms. The van der Waals surface area contributed by atoms with Crippen LogP contribution in [-0.2, 0) is 11.4 Å². The van der Waals surface area contributed by atoms with Crippen LogP contribution in [0.5, 0.6) is 11.5 Å². The molecule has 0 saturated heterocycles. The molecule has 0 spiro atoms. The van der Waals surface area contributed by atoms with E-state index in [1.807, 2.05) is 0 Å². The Morgan fingerprint density at radius 2 is 1.90 bits per heavy atom. The third kappa shape index (κ3) is 4.19. The number of ether oxygens (including phenoxy) is 2. The number of carbonyl (C=O) groups is 1. The van der Waals surface area contributed by atoms with E-state index in [4.69, 9.17) is 9.47 Å². The van der Waals surface area contributed by atoms with Crippen LogP contribution in [0.4, 0.5) is 4.39 Å². The van der Waals surface area contributed by atoms with Crippen molar-refractivity contribution >= 4 is 28.6 Å². The predicted molar refractivity (Wildman–Crippen MR) is 81.2 cm³/mol. The van der Waals surface area contributed by atoms with E-state index in [1.54, 1.807) is 30.3 Å². The maximum Gasteiger partial charge on any atom is 0.308 e. The molecule has 0 aliphatic heterocycles. The van der Waals surface area contributed by atoms with Crippen LogP contribution in [0, 0.1) is 9.39 Å². The highest BCUT2D eigenvalue weighted by Crippen LogP contribution is 2.27. The van der Waals surface area contributed by atoms with E-state index in [9.17, 15) is 9.18 Å². The Bertz CT molecular complexity index is 611. The molecule has 0 atom stereocenters. The lowest BCUT2D eigenvalue weighted by molar-refractivity contribution is -0.131. The normalized spacial score (nSPS) is 10.2. The van der Waals surface area contributed by atoms with Gasteiger partial charge in [-0.1, -0.05) is 12.1 Å². The van der Waals surface area contributed by atoms with Crippen LogP contribution in [0.15, 0.2) is 42.5 Å². The van der Waals surface area contributed by atoms with E-state index in [2.05, 4.69) is 22.6 Å². The lowest BCUT2D eigenvalue weighted by Crippen LogP contribution is -2.03. The summed E-state index contributed by atoms with van der Waals surface area (Å²) < 4.78 is 24.3. The summed E-state index contributed by atoms with van der Waals surface area (Å²) in [5.74, 6) is 0.402. The van der Waals surface area contributed by atoms with E-state index in [0.29, 0.717) is 18.1 Å². The molecule has 0 aliphatic rings. The summed E-state index contributed by atoms with van der Waals surface area (Å²) in [5.41, 5.74) is 0.860. The van der Waals surface area contributed by atoms with Crippen LogP contribution in [0.25, 0.3) is 0 Å². The largest absolute Gasteiger partial charge is 0.489 e. The maximum absolute atomic E-state index is 12.8. The zero-order valence-corrected chi connectivity index (χ0v) is 12.9. The average molecular weight is 386 g/mol. The van der Waals surface area contributed by atoms with Crippen molar-refractivity contribution in [3.63, 3.8) is 0 Å². The van der Waals surface area contributed by atoms with Gasteiger partial charge in [-0.05, 0) is 52.4 Å². The Balaban J connectivity index is 2.06. The van der Waals surface area contributed by atoms with Crippen LogP contribution in [0.1, 0.15) is 12.5 Å². The van der Waals surface area contributed by atoms with E-state index in [1.165, 1.54) is 19.1 Å². The fourth-order valence-electron chi connectivity index (χ4n) is 1.55. The third-order valence-electron chi connectivity index (χ3n) is 2.48. The van der Waals surface area contributed by atoms with Crippen molar-refractivity contribution in [1.29, 1.82) is 0 Å². The minimum Gasteiger partial charge on any atom is -0.489 e. The molecule has 0 N–H and O–H groups in total. The molecule has 0 aliphatic carbocycles. The van der Waals surface area contributed by atoms with Crippen LogP contribution >= 0.6 is 22.6 Å². The Morgan fingerprint density at radius 3 is 2.55 bits per heavy atom. The van der Waals surface area contributed by atoms with Gasteiger partial charge in [-0.2, -0.15) is 0 Å². The van der Waals surface area contributed by atoms with Crippen molar-refractivity contribution in [3.8, 4) is 11.5 Å². The fourth-order valence-corrected chi connectivity index (χ4v) is 2.00. The predicted octanol–water partition coefficient (Wildman–Crippen LogP) is 3.93. The Hall–Kier alpha value is -1.63. The van der Waals surface area contributed by atoms with Gasteiger partial charge in [-0.25, -0.2) is 4.39 Å². The van der Waals surface area contributed by atoms with Crippen molar-refractivity contribution in [2.24, 2.45) is 0 Å². The Kier molecular flexibility index (Phi) is 4.94. The first-order valence-electron chi connectivity index (χ1n) is 5.90.